The number of rotatable bonds is 5. The Hall–Kier alpha value is -0.570. The molecule has 0 saturated heterocycles. The van der Waals surface area contributed by atoms with Crippen LogP contribution in [0.25, 0.3) is 0 Å². The summed E-state index contributed by atoms with van der Waals surface area (Å²) in [6.45, 7) is 5.85. The lowest BCUT2D eigenvalue weighted by Crippen LogP contribution is -2.44. The van der Waals surface area contributed by atoms with Crippen molar-refractivity contribution in [3.8, 4) is 0 Å². The fraction of sp³-hybridized carbons (Fsp3) is 0.923. The second-order valence-electron chi connectivity index (χ2n) is 5.43. The molecule has 0 unspecified atom stereocenters. The molecule has 0 aromatic rings. The van der Waals surface area contributed by atoms with Crippen LogP contribution in [0.2, 0.25) is 0 Å². The number of amides is 1. The number of carbonyl (C=O) groups is 1. The minimum atomic E-state index is 0.128. The second-order valence-corrected chi connectivity index (χ2v) is 5.43. The highest BCUT2D eigenvalue weighted by atomic mass is 16.2. The highest BCUT2D eigenvalue weighted by molar-refractivity contribution is 5.78. The van der Waals surface area contributed by atoms with E-state index in [4.69, 9.17) is 0 Å². The Morgan fingerprint density at radius 2 is 1.75 bits per heavy atom. The Morgan fingerprint density at radius 1 is 1.19 bits per heavy atom. The number of nitrogens with zero attached hydrogens (tertiary/aromatic N) is 2. The van der Waals surface area contributed by atoms with Crippen molar-refractivity contribution in [2.45, 2.75) is 45.6 Å². The molecule has 1 aliphatic rings. The van der Waals surface area contributed by atoms with Crippen LogP contribution in [0.4, 0.5) is 0 Å². The van der Waals surface area contributed by atoms with Crippen molar-refractivity contribution in [1.82, 2.24) is 9.80 Å². The third-order valence-corrected chi connectivity index (χ3v) is 3.33. The maximum atomic E-state index is 12.1. The van der Waals surface area contributed by atoms with Crippen LogP contribution < -0.4 is 0 Å². The van der Waals surface area contributed by atoms with Gasteiger partial charge in [-0.25, -0.2) is 0 Å². The fourth-order valence-corrected chi connectivity index (χ4v) is 2.33. The van der Waals surface area contributed by atoms with Gasteiger partial charge in [-0.1, -0.05) is 26.7 Å². The highest BCUT2D eigenvalue weighted by Crippen LogP contribution is 2.24. The van der Waals surface area contributed by atoms with Gasteiger partial charge in [-0.2, -0.15) is 0 Å². The largest absolute Gasteiger partial charge is 0.338 e. The molecule has 0 aromatic carbocycles. The van der Waals surface area contributed by atoms with Gasteiger partial charge in [0.25, 0.3) is 0 Å². The van der Waals surface area contributed by atoms with Gasteiger partial charge in [-0.15, -0.1) is 0 Å². The van der Waals surface area contributed by atoms with E-state index >= 15 is 0 Å². The average Bonchev–Trinajstić information content (AvgIpc) is 2.70. The molecule has 0 spiro atoms. The highest BCUT2D eigenvalue weighted by Gasteiger charge is 2.27. The maximum Gasteiger partial charge on any atom is 0.225 e. The van der Waals surface area contributed by atoms with E-state index in [0.717, 1.165) is 13.1 Å². The van der Waals surface area contributed by atoms with Crippen molar-refractivity contribution in [1.29, 1.82) is 0 Å². The Balaban J connectivity index is 2.56. The van der Waals surface area contributed by atoms with Gasteiger partial charge >= 0.3 is 0 Å². The summed E-state index contributed by atoms with van der Waals surface area (Å²) in [4.78, 5) is 16.4. The van der Waals surface area contributed by atoms with Crippen molar-refractivity contribution < 1.29 is 4.79 Å². The van der Waals surface area contributed by atoms with Crippen LogP contribution in [0.1, 0.15) is 39.5 Å². The standard InChI is InChI=1S/C13H26N2O/c1-11(2)13(16)15(10-9-14(3)4)12-7-5-6-8-12/h11-12H,5-10H2,1-4H3. The van der Waals surface area contributed by atoms with E-state index in [0.29, 0.717) is 11.9 Å². The molecule has 0 aromatic heterocycles. The number of hydrogen-bond donors (Lipinski definition) is 0. The van der Waals surface area contributed by atoms with E-state index in [1.165, 1.54) is 25.7 Å². The molecule has 0 bridgehead atoms. The van der Waals surface area contributed by atoms with Crippen LogP contribution in [0, 0.1) is 5.92 Å². The quantitative estimate of drug-likeness (QED) is 0.715. The fourth-order valence-electron chi connectivity index (χ4n) is 2.33. The van der Waals surface area contributed by atoms with E-state index in [2.05, 4.69) is 23.9 Å². The van der Waals surface area contributed by atoms with Gasteiger partial charge in [0, 0.05) is 25.0 Å². The summed E-state index contributed by atoms with van der Waals surface area (Å²) in [6.07, 6.45) is 4.97. The Morgan fingerprint density at radius 3 is 2.19 bits per heavy atom. The average molecular weight is 226 g/mol. The topological polar surface area (TPSA) is 23.6 Å². The van der Waals surface area contributed by atoms with Gasteiger partial charge in [-0.3, -0.25) is 4.79 Å². The third kappa shape index (κ3) is 3.78. The first-order valence-corrected chi connectivity index (χ1v) is 6.47. The minimum absolute atomic E-state index is 0.128. The molecular weight excluding hydrogens is 200 g/mol. The predicted molar refractivity (Wildman–Crippen MR) is 67.4 cm³/mol. The van der Waals surface area contributed by atoms with Gasteiger partial charge in [0.05, 0.1) is 0 Å². The van der Waals surface area contributed by atoms with Crippen molar-refractivity contribution in [2.24, 2.45) is 5.92 Å². The summed E-state index contributed by atoms with van der Waals surface area (Å²) in [6, 6.07) is 0.509. The zero-order chi connectivity index (χ0) is 12.1. The smallest absolute Gasteiger partial charge is 0.225 e. The van der Waals surface area contributed by atoms with Gasteiger partial charge < -0.3 is 9.80 Å². The Bertz CT molecular complexity index is 220. The zero-order valence-electron chi connectivity index (χ0n) is 11.2. The van der Waals surface area contributed by atoms with Crippen molar-refractivity contribution in [3.63, 3.8) is 0 Å². The first-order valence-electron chi connectivity index (χ1n) is 6.47. The van der Waals surface area contributed by atoms with Crippen LogP contribution in [0.5, 0.6) is 0 Å². The maximum absolute atomic E-state index is 12.1. The first-order chi connectivity index (χ1) is 7.52. The zero-order valence-corrected chi connectivity index (χ0v) is 11.2. The van der Waals surface area contributed by atoms with E-state index in [1.54, 1.807) is 0 Å². The molecule has 1 rings (SSSR count). The molecule has 0 radical (unpaired) electrons. The monoisotopic (exact) mass is 226 g/mol. The molecule has 94 valence electrons. The molecule has 1 amide bonds. The Labute approximate surface area is 99.8 Å². The number of likely N-dealkylation sites (N-methyl/N-ethyl adjacent to an activating group) is 1. The van der Waals surface area contributed by atoms with Crippen LogP contribution in [-0.2, 0) is 4.79 Å². The van der Waals surface area contributed by atoms with Gasteiger partial charge in [0.15, 0.2) is 0 Å². The van der Waals surface area contributed by atoms with Crippen molar-refractivity contribution in [2.75, 3.05) is 27.2 Å². The molecule has 3 heteroatoms. The molecule has 1 aliphatic carbocycles. The van der Waals surface area contributed by atoms with E-state index < -0.39 is 0 Å². The second kappa shape index (κ2) is 6.24. The SMILES string of the molecule is CC(C)C(=O)N(CCN(C)C)C1CCCC1. The number of carbonyl (C=O) groups excluding carboxylic acids is 1. The van der Waals surface area contributed by atoms with E-state index in [1.807, 2.05) is 13.8 Å². The lowest BCUT2D eigenvalue weighted by Gasteiger charge is -2.31. The van der Waals surface area contributed by atoms with Crippen LogP contribution in [-0.4, -0.2) is 48.9 Å². The predicted octanol–water partition coefficient (Wildman–Crippen LogP) is 1.98. The molecule has 0 atom stereocenters. The molecule has 3 nitrogen and oxygen atoms in total. The molecule has 1 fully saturated rings. The summed E-state index contributed by atoms with van der Waals surface area (Å²) in [5.41, 5.74) is 0. The van der Waals surface area contributed by atoms with Crippen molar-refractivity contribution >= 4 is 5.91 Å². The molecule has 0 N–H and O–H groups in total. The van der Waals surface area contributed by atoms with Crippen LogP contribution in [0.15, 0.2) is 0 Å². The molecule has 0 heterocycles. The summed E-state index contributed by atoms with van der Waals surface area (Å²) in [7, 11) is 4.12. The summed E-state index contributed by atoms with van der Waals surface area (Å²) in [5, 5.41) is 0. The molecule has 1 saturated carbocycles. The normalized spacial score (nSPS) is 17.4. The van der Waals surface area contributed by atoms with E-state index in [-0.39, 0.29) is 5.92 Å². The van der Waals surface area contributed by atoms with Gasteiger partial charge in [-0.05, 0) is 26.9 Å². The molecular formula is C13H26N2O. The van der Waals surface area contributed by atoms with Gasteiger partial charge in [0.1, 0.15) is 0 Å². The van der Waals surface area contributed by atoms with Gasteiger partial charge in [0.2, 0.25) is 5.91 Å². The van der Waals surface area contributed by atoms with E-state index in [9.17, 15) is 4.79 Å². The third-order valence-electron chi connectivity index (χ3n) is 3.33. The minimum Gasteiger partial charge on any atom is -0.338 e. The number of hydrogen-bond acceptors (Lipinski definition) is 2. The first kappa shape index (κ1) is 13.5. The lowest BCUT2D eigenvalue weighted by atomic mass is 10.1. The lowest BCUT2D eigenvalue weighted by molar-refractivity contribution is -0.136. The van der Waals surface area contributed by atoms with Crippen molar-refractivity contribution in [3.05, 3.63) is 0 Å². The Kier molecular flexibility index (Phi) is 5.26. The molecule has 16 heavy (non-hydrogen) atoms. The van der Waals surface area contributed by atoms with Crippen LogP contribution >= 0.6 is 0 Å². The summed E-state index contributed by atoms with van der Waals surface area (Å²) < 4.78 is 0. The van der Waals surface area contributed by atoms with Crippen LogP contribution in [0.3, 0.4) is 0 Å². The summed E-state index contributed by atoms with van der Waals surface area (Å²) >= 11 is 0. The molecule has 0 aliphatic heterocycles. The summed E-state index contributed by atoms with van der Waals surface area (Å²) in [5.74, 6) is 0.455.